The van der Waals surface area contributed by atoms with E-state index in [4.69, 9.17) is 0 Å². The van der Waals surface area contributed by atoms with Crippen LogP contribution in [0.4, 0.5) is 0 Å². The molecule has 2 saturated heterocycles. The lowest BCUT2D eigenvalue weighted by Gasteiger charge is -2.38. The van der Waals surface area contributed by atoms with Crippen LogP contribution < -0.4 is 21.8 Å². The smallest absolute Gasteiger partial charge is 0.258 e. The average molecular weight is 971 g/mol. The first-order chi connectivity index (χ1) is 35.1. The number of aromatic nitrogens is 6. The molecule has 0 radical (unpaired) electrons. The molecule has 4 bridgehead atoms. The second-order valence-corrected chi connectivity index (χ2v) is 19.1. The van der Waals surface area contributed by atoms with E-state index in [0.29, 0.717) is 37.3 Å². The zero-order chi connectivity index (χ0) is 50.5. The van der Waals surface area contributed by atoms with Crippen LogP contribution in [0.15, 0.2) is 144 Å². The topological polar surface area (TPSA) is 201 Å². The number of aliphatic hydroxyl groups excluding tert-OH is 2. The lowest BCUT2D eigenvalue weighted by Crippen LogP contribution is -2.46. The van der Waals surface area contributed by atoms with Gasteiger partial charge in [-0.2, -0.15) is 0 Å². The van der Waals surface area contributed by atoms with E-state index in [9.17, 15) is 29.4 Å². The second kappa shape index (κ2) is 22.0. The molecule has 16 heteroatoms. The third kappa shape index (κ3) is 9.74. The van der Waals surface area contributed by atoms with Gasteiger partial charge in [0.2, 0.25) is 11.8 Å². The molecule has 6 aromatic rings. The Labute approximate surface area is 418 Å². The van der Waals surface area contributed by atoms with Gasteiger partial charge < -0.3 is 30.0 Å². The Hall–Kier alpha value is -7.24. The Bertz CT molecular complexity index is 2820. The minimum absolute atomic E-state index is 0.0707. The lowest BCUT2D eigenvalue weighted by molar-refractivity contribution is -0.129. The van der Waals surface area contributed by atoms with Crippen LogP contribution in [0.2, 0.25) is 0 Å². The average Bonchev–Trinajstić information content (AvgIpc) is 3.74. The number of hydrogen-bond donors (Lipinski definition) is 4. The molecule has 16 nitrogen and oxygen atoms in total. The second-order valence-electron chi connectivity index (χ2n) is 19.1. The summed E-state index contributed by atoms with van der Waals surface area (Å²) in [5.74, 6) is -1.93. The molecule has 10 atom stereocenters. The summed E-state index contributed by atoms with van der Waals surface area (Å²) < 4.78 is 3.58. The van der Waals surface area contributed by atoms with E-state index in [1.165, 1.54) is 12.7 Å². The standard InChI is InChI=1S/2C28H31N5O3/c2*1-3-7-21-10-11-23-26-25(27(35)31-18(2)20-8-5-4-6-9-20)22(16-34)24(15-33(23)28(21)36)32(26)14-19-12-29-17-30-13-19/h2*3-13,17-18,22,24-26,34H,14-16H2,1-2H3,(H,31,35)/b7-3+;7-3-/t2*18-,22+,24+,25-,26-/m00/s1. The van der Waals surface area contributed by atoms with Crippen LogP contribution in [-0.4, -0.2) is 86.2 Å². The maximum absolute atomic E-state index is 13.8. The number of allylic oxidation sites excluding steroid dienone is 2. The highest BCUT2D eigenvalue weighted by Gasteiger charge is 2.57. The first-order valence-electron chi connectivity index (χ1n) is 24.7. The zero-order valence-electron chi connectivity index (χ0n) is 41.0. The SMILES string of the molecule is C/C=C/c1ccc2n(c1=O)C[C@@H]1[C@@H](CO)[C@H](C(=O)N[C@@H](C)c3ccccc3)[C@H]2N1Cc1cncnc1.C/C=C\c1ccc2n(c1=O)C[C@@H]1[C@@H](CO)[C@H](C(=O)N[C@@H](C)c3ccccc3)[C@H]2N1Cc1cncnc1. The predicted molar refractivity (Wildman–Crippen MR) is 273 cm³/mol. The van der Waals surface area contributed by atoms with Crippen molar-refractivity contribution in [2.75, 3.05) is 13.2 Å². The Morgan fingerprint density at radius 1 is 0.597 bits per heavy atom. The molecule has 4 aromatic heterocycles. The minimum Gasteiger partial charge on any atom is -0.396 e. The fourth-order valence-corrected chi connectivity index (χ4v) is 11.6. The van der Waals surface area contributed by atoms with E-state index in [-0.39, 0.29) is 84.2 Å². The third-order valence-electron chi connectivity index (χ3n) is 15.0. The molecular weight excluding hydrogens is 909 g/mol. The van der Waals surface area contributed by atoms with Crippen molar-refractivity contribution in [3.63, 3.8) is 0 Å². The van der Waals surface area contributed by atoms with Crippen molar-refractivity contribution in [3.8, 4) is 0 Å². The molecule has 372 valence electrons. The van der Waals surface area contributed by atoms with Gasteiger partial charge in [-0.05, 0) is 63.1 Å². The Morgan fingerprint density at radius 2 is 0.972 bits per heavy atom. The van der Waals surface area contributed by atoms with Gasteiger partial charge >= 0.3 is 0 Å². The molecule has 0 spiro atoms. The van der Waals surface area contributed by atoms with E-state index in [1.807, 2.05) is 125 Å². The summed E-state index contributed by atoms with van der Waals surface area (Å²) in [6, 6.07) is 25.7. The van der Waals surface area contributed by atoms with Gasteiger partial charge in [0.15, 0.2) is 0 Å². The van der Waals surface area contributed by atoms with Crippen LogP contribution >= 0.6 is 0 Å². The number of fused-ring (bicyclic) bond motifs is 8. The molecular formula is C56H62N10O6. The molecule has 4 N–H and O–H groups in total. The van der Waals surface area contributed by atoms with Crippen molar-refractivity contribution in [1.82, 2.24) is 49.5 Å². The largest absolute Gasteiger partial charge is 0.396 e. The van der Waals surface area contributed by atoms with E-state index >= 15 is 0 Å². The highest BCUT2D eigenvalue weighted by Crippen LogP contribution is 2.50. The number of nitrogens with zero attached hydrogens (tertiary/aromatic N) is 8. The Balaban J connectivity index is 0.000000178. The minimum atomic E-state index is -0.517. The van der Waals surface area contributed by atoms with Gasteiger partial charge in [-0.15, -0.1) is 0 Å². The Kier molecular flexibility index (Phi) is 15.2. The third-order valence-corrected chi connectivity index (χ3v) is 15.0. The normalized spacial score (nSPS) is 24.0. The fraction of sp³-hybridized carbons (Fsp3) is 0.357. The van der Waals surface area contributed by atoms with Gasteiger partial charge in [-0.3, -0.25) is 29.0 Å². The van der Waals surface area contributed by atoms with E-state index in [0.717, 1.165) is 33.6 Å². The van der Waals surface area contributed by atoms with E-state index in [2.05, 4.69) is 40.4 Å². The Morgan fingerprint density at radius 3 is 1.32 bits per heavy atom. The number of benzene rings is 2. The first kappa shape index (κ1) is 49.7. The van der Waals surface area contributed by atoms with Crippen LogP contribution in [0.5, 0.6) is 0 Å². The predicted octanol–water partition coefficient (Wildman–Crippen LogP) is 5.43. The van der Waals surface area contributed by atoms with Crippen LogP contribution in [0, 0.1) is 23.7 Å². The van der Waals surface area contributed by atoms with Crippen LogP contribution in [0.1, 0.15) is 96.6 Å². The summed E-state index contributed by atoms with van der Waals surface area (Å²) in [6.07, 6.45) is 17.4. The highest BCUT2D eigenvalue weighted by molar-refractivity contribution is 5.82. The van der Waals surface area contributed by atoms with Crippen molar-refractivity contribution in [2.24, 2.45) is 23.7 Å². The number of nitrogens with one attached hydrogen (secondary N) is 2. The number of pyridine rings is 2. The van der Waals surface area contributed by atoms with E-state index in [1.54, 1.807) is 46.1 Å². The monoisotopic (exact) mass is 970 g/mol. The summed E-state index contributed by atoms with van der Waals surface area (Å²) in [5.41, 5.74) is 6.55. The van der Waals surface area contributed by atoms with Crippen molar-refractivity contribution in [2.45, 2.75) is 90.1 Å². The van der Waals surface area contributed by atoms with Crippen LogP contribution in [0.3, 0.4) is 0 Å². The molecule has 0 aliphatic carbocycles. The molecule has 2 fully saturated rings. The van der Waals surface area contributed by atoms with Crippen LogP contribution in [-0.2, 0) is 35.8 Å². The summed E-state index contributed by atoms with van der Waals surface area (Å²) >= 11 is 0. The molecule has 72 heavy (non-hydrogen) atoms. The molecule has 2 aromatic carbocycles. The molecule has 0 saturated carbocycles. The zero-order valence-corrected chi connectivity index (χ0v) is 41.0. The van der Waals surface area contributed by atoms with Crippen molar-refractivity contribution >= 4 is 24.0 Å². The first-order valence-corrected chi connectivity index (χ1v) is 24.7. The van der Waals surface area contributed by atoms with Gasteiger partial charge in [-0.1, -0.05) is 85.0 Å². The number of aliphatic hydroxyl groups is 2. The molecule has 2 amide bonds. The van der Waals surface area contributed by atoms with Gasteiger partial charge in [-0.25, -0.2) is 19.9 Å². The number of carbonyl (C=O) groups is 2. The van der Waals surface area contributed by atoms with Gasteiger partial charge in [0, 0.05) is 122 Å². The number of rotatable bonds is 14. The van der Waals surface area contributed by atoms with Crippen molar-refractivity contribution in [1.29, 1.82) is 0 Å². The highest BCUT2D eigenvalue weighted by atomic mass is 16.3. The number of carbonyl (C=O) groups excluding carboxylic acids is 2. The van der Waals surface area contributed by atoms with Gasteiger partial charge in [0.1, 0.15) is 12.7 Å². The molecule has 0 unspecified atom stereocenters. The molecule has 8 heterocycles. The summed E-state index contributed by atoms with van der Waals surface area (Å²) in [7, 11) is 0. The maximum atomic E-state index is 13.8. The number of hydrogen-bond acceptors (Lipinski definition) is 12. The van der Waals surface area contributed by atoms with Gasteiger partial charge in [0.25, 0.3) is 11.1 Å². The fourth-order valence-electron chi connectivity index (χ4n) is 11.6. The quantitative estimate of drug-likeness (QED) is 0.108. The van der Waals surface area contributed by atoms with Crippen molar-refractivity contribution in [3.05, 3.63) is 200 Å². The maximum Gasteiger partial charge on any atom is 0.258 e. The molecule has 4 aliphatic rings. The number of amides is 2. The van der Waals surface area contributed by atoms with Crippen LogP contribution in [0.25, 0.3) is 12.2 Å². The lowest BCUT2D eigenvalue weighted by atomic mass is 9.86. The van der Waals surface area contributed by atoms with Crippen molar-refractivity contribution < 1.29 is 19.8 Å². The summed E-state index contributed by atoms with van der Waals surface area (Å²) in [4.78, 5) is 75.4. The summed E-state index contributed by atoms with van der Waals surface area (Å²) in [5, 5.41) is 27.4. The van der Waals surface area contributed by atoms with Gasteiger partial charge in [0.05, 0.1) is 36.0 Å². The van der Waals surface area contributed by atoms with E-state index < -0.39 is 11.8 Å². The molecule has 10 rings (SSSR count). The molecule has 4 aliphatic heterocycles. The summed E-state index contributed by atoms with van der Waals surface area (Å²) in [6.45, 7) is 9.26.